The van der Waals surface area contributed by atoms with Crippen molar-refractivity contribution in [3.8, 4) is 11.6 Å². The Morgan fingerprint density at radius 1 is 1.16 bits per heavy atom. The van der Waals surface area contributed by atoms with Gasteiger partial charge >= 0.3 is 0 Å². The van der Waals surface area contributed by atoms with E-state index in [1.165, 1.54) is 12.1 Å². The van der Waals surface area contributed by atoms with Gasteiger partial charge in [-0.15, -0.1) is 10.2 Å². The van der Waals surface area contributed by atoms with E-state index in [9.17, 15) is 4.39 Å². The molecule has 0 radical (unpaired) electrons. The molecule has 0 saturated carbocycles. The zero-order chi connectivity index (χ0) is 22.0. The van der Waals surface area contributed by atoms with Crippen molar-refractivity contribution in [3.63, 3.8) is 0 Å². The molecular formula is C21H16Cl3FN4O2. The van der Waals surface area contributed by atoms with Crippen LogP contribution >= 0.6 is 34.8 Å². The van der Waals surface area contributed by atoms with E-state index in [0.29, 0.717) is 40.0 Å². The van der Waals surface area contributed by atoms with Crippen LogP contribution in [0.25, 0.3) is 0 Å². The predicted molar refractivity (Wildman–Crippen MR) is 118 cm³/mol. The van der Waals surface area contributed by atoms with Crippen LogP contribution in [-0.2, 0) is 11.3 Å². The summed E-state index contributed by atoms with van der Waals surface area (Å²) in [5, 5.41) is 9.01. The number of aliphatic imine (C=N–C) groups is 1. The minimum atomic E-state index is -0.491. The molecule has 6 nitrogen and oxygen atoms in total. The van der Waals surface area contributed by atoms with Gasteiger partial charge in [-0.05, 0) is 48.7 Å². The van der Waals surface area contributed by atoms with E-state index in [4.69, 9.17) is 44.4 Å². The summed E-state index contributed by atoms with van der Waals surface area (Å²) in [7, 11) is 0. The zero-order valence-electron chi connectivity index (χ0n) is 16.2. The molecule has 1 aliphatic heterocycles. The van der Waals surface area contributed by atoms with Gasteiger partial charge in [0.2, 0.25) is 5.88 Å². The van der Waals surface area contributed by atoms with Crippen LogP contribution in [0.5, 0.6) is 11.6 Å². The van der Waals surface area contributed by atoms with Gasteiger partial charge in [0.15, 0.2) is 22.6 Å². The molecule has 0 saturated heterocycles. The molecule has 1 aromatic heterocycles. The summed E-state index contributed by atoms with van der Waals surface area (Å²) in [6.07, 6.45) is 0.524. The summed E-state index contributed by atoms with van der Waals surface area (Å²) in [4.78, 5) is 10.2. The number of aromatic nitrogens is 2. The summed E-state index contributed by atoms with van der Waals surface area (Å²) in [5.74, 6) is -0.106. The lowest BCUT2D eigenvalue weighted by atomic mass is 10.1. The molecule has 0 spiro atoms. The normalized spacial score (nSPS) is 15.9. The van der Waals surface area contributed by atoms with Gasteiger partial charge in [-0.3, -0.25) is 9.83 Å². The highest BCUT2D eigenvalue weighted by Gasteiger charge is 2.23. The van der Waals surface area contributed by atoms with Gasteiger partial charge in [0, 0.05) is 10.0 Å². The van der Waals surface area contributed by atoms with Crippen LogP contribution in [0.3, 0.4) is 0 Å². The van der Waals surface area contributed by atoms with Crippen molar-refractivity contribution in [1.82, 2.24) is 15.7 Å². The maximum atomic E-state index is 14.4. The van der Waals surface area contributed by atoms with E-state index in [0.717, 1.165) is 5.56 Å². The maximum absolute atomic E-state index is 14.4. The van der Waals surface area contributed by atoms with Crippen LogP contribution in [0.15, 0.2) is 47.5 Å². The molecule has 160 valence electrons. The van der Waals surface area contributed by atoms with Crippen molar-refractivity contribution in [2.24, 2.45) is 4.99 Å². The molecule has 1 unspecified atom stereocenters. The lowest BCUT2D eigenvalue weighted by Crippen LogP contribution is -2.37. The summed E-state index contributed by atoms with van der Waals surface area (Å²) < 4.78 is 20.1. The molecule has 0 amide bonds. The van der Waals surface area contributed by atoms with Crippen LogP contribution in [0.2, 0.25) is 15.2 Å². The van der Waals surface area contributed by atoms with E-state index in [1.807, 2.05) is 6.07 Å². The van der Waals surface area contributed by atoms with Gasteiger partial charge in [-0.1, -0.05) is 53.0 Å². The topological polar surface area (TPSA) is 68.6 Å². The summed E-state index contributed by atoms with van der Waals surface area (Å²) >= 11 is 18.3. The molecule has 10 heteroatoms. The van der Waals surface area contributed by atoms with Crippen LogP contribution < -0.4 is 10.2 Å². The molecule has 0 fully saturated rings. The van der Waals surface area contributed by atoms with Gasteiger partial charge in [-0.25, -0.2) is 9.87 Å². The molecule has 2 aromatic carbocycles. The Hall–Kier alpha value is -2.45. The molecule has 0 bridgehead atoms. The smallest absolute Gasteiger partial charge is 0.250 e. The number of hydrogen-bond donors (Lipinski definition) is 1. The Bertz CT molecular complexity index is 1160. The lowest BCUT2D eigenvalue weighted by Gasteiger charge is -2.23. The first-order chi connectivity index (χ1) is 14.9. The molecule has 31 heavy (non-hydrogen) atoms. The summed E-state index contributed by atoms with van der Waals surface area (Å²) in [6.45, 7) is 1.96. The quantitative estimate of drug-likeness (QED) is 0.516. The van der Waals surface area contributed by atoms with Crippen LogP contribution in [0.1, 0.15) is 16.7 Å². The number of nitrogens with one attached hydrogen (secondary N) is 1. The van der Waals surface area contributed by atoms with Gasteiger partial charge in [0.25, 0.3) is 0 Å². The second kappa shape index (κ2) is 9.36. The number of nitrogens with zero attached hydrogens (tertiary/aromatic N) is 3. The monoisotopic (exact) mass is 480 g/mol. The van der Waals surface area contributed by atoms with E-state index < -0.39 is 5.82 Å². The lowest BCUT2D eigenvalue weighted by molar-refractivity contribution is 0.0623. The highest BCUT2D eigenvalue weighted by atomic mass is 35.5. The van der Waals surface area contributed by atoms with E-state index in [2.05, 4.69) is 20.7 Å². The number of hydrogen-bond acceptors (Lipinski definition) is 6. The Labute approximate surface area is 192 Å². The number of aryl methyl sites for hydroxylation is 1. The zero-order valence-corrected chi connectivity index (χ0v) is 18.5. The predicted octanol–water partition coefficient (Wildman–Crippen LogP) is 5.57. The van der Waals surface area contributed by atoms with Crippen molar-refractivity contribution >= 4 is 40.6 Å². The first kappa shape index (κ1) is 21.8. The number of hydroxylamine groups is 1. The number of amidine groups is 1. The second-order valence-corrected chi connectivity index (χ2v) is 8.09. The Morgan fingerprint density at radius 2 is 2.00 bits per heavy atom. The van der Waals surface area contributed by atoms with Gasteiger partial charge in [0.1, 0.15) is 0 Å². The fourth-order valence-corrected chi connectivity index (χ4v) is 3.66. The average molecular weight is 482 g/mol. The van der Waals surface area contributed by atoms with Crippen LogP contribution in [0.4, 0.5) is 4.39 Å². The standard InChI is InChI=1S/C21H16Cl3FN4O2/c1-11-3-2-4-17(19(11)25)31-21-15(9-18(24)27-28-21)20-26-14(10-30-29-20)7-12-5-6-13(22)8-16(12)23/h2-6,8-9,14H,7,10H2,1H3,(H,26,29). The van der Waals surface area contributed by atoms with Crippen LogP contribution in [0, 0.1) is 12.7 Å². The molecule has 3 aromatic rings. The van der Waals surface area contributed by atoms with Crippen molar-refractivity contribution < 1.29 is 14.0 Å². The van der Waals surface area contributed by atoms with Gasteiger partial charge in [0.05, 0.1) is 18.2 Å². The van der Waals surface area contributed by atoms with E-state index >= 15 is 0 Å². The molecule has 1 N–H and O–H groups in total. The number of benzene rings is 2. The SMILES string of the molecule is Cc1cccc(Oc2nnc(Cl)cc2C2=NC(Cc3ccc(Cl)cc3Cl)CON2)c1F. The van der Waals surface area contributed by atoms with Gasteiger partial charge in [-0.2, -0.15) is 0 Å². The third kappa shape index (κ3) is 5.07. The van der Waals surface area contributed by atoms with Gasteiger partial charge < -0.3 is 4.74 Å². The highest BCUT2D eigenvalue weighted by Crippen LogP contribution is 2.29. The number of halogens is 4. The molecule has 1 aliphatic rings. The first-order valence-corrected chi connectivity index (χ1v) is 10.4. The van der Waals surface area contributed by atoms with Crippen molar-refractivity contribution in [3.05, 3.63) is 80.2 Å². The third-order valence-corrected chi connectivity index (χ3v) is 5.35. The minimum absolute atomic E-state index is 0.0136. The minimum Gasteiger partial charge on any atom is -0.434 e. The first-order valence-electron chi connectivity index (χ1n) is 9.27. The molecule has 1 atom stereocenters. The fourth-order valence-electron chi connectivity index (χ4n) is 3.03. The van der Waals surface area contributed by atoms with Crippen LogP contribution in [-0.4, -0.2) is 28.7 Å². The molecule has 4 rings (SSSR count). The van der Waals surface area contributed by atoms with E-state index in [1.54, 1.807) is 31.2 Å². The largest absolute Gasteiger partial charge is 0.434 e. The molecule has 2 heterocycles. The number of ether oxygens (including phenoxy) is 1. The second-order valence-electron chi connectivity index (χ2n) is 6.86. The van der Waals surface area contributed by atoms with Crippen molar-refractivity contribution in [2.45, 2.75) is 19.4 Å². The third-order valence-electron chi connectivity index (χ3n) is 4.58. The maximum Gasteiger partial charge on any atom is 0.250 e. The fraction of sp³-hybridized carbons (Fsp3) is 0.190. The summed E-state index contributed by atoms with van der Waals surface area (Å²) in [5.41, 5.74) is 4.46. The Balaban J connectivity index is 1.64. The molecule has 0 aliphatic carbocycles. The van der Waals surface area contributed by atoms with Crippen molar-refractivity contribution in [2.75, 3.05) is 6.61 Å². The Kier molecular flexibility index (Phi) is 6.57. The number of rotatable bonds is 5. The average Bonchev–Trinajstić information content (AvgIpc) is 2.75. The Morgan fingerprint density at radius 3 is 2.81 bits per heavy atom. The van der Waals surface area contributed by atoms with E-state index in [-0.39, 0.29) is 22.8 Å². The highest BCUT2D eigenvalue weighted by molar-refractivity contribution is 6.35. The molecular weight excluding hydrogens is 466 g/mol. The summed E-state index contributed by atoms with van der Waals surface area (Å²) in [6, 6.07) is 11.4. The van der Waals surface area contributed by atoms with Crippen molar-refractivity contribution in [1.29, 1.82) is 0 Å².